The molecule has 0 saturated heterocycles. The molecule has 7 heteroatoms. The quantitative estimate of drug-likeness (QED) is 0.495. The number of halogens is 1. The van der Waals surface area contributed by atoms with Crippen molar-refractivity contribution >= 4 is 47.3 Å². The molecule has 0 atom stereocenters. The summed E-state index contributed by atoms with van der Waals surface area (Å²) in [6, 6.07) is 12.2. The van der Waals surface area contributed by atoms with E-state index >= 15 is 0 Å². The number of para-hydroxylation sites is 1. The van der Waals surface area contributed by atoms with Crippen LogP contribution in [0.25, 0.3) is 5.65 Å². The SMILES string of the molecule is Cc1cccc(Cl)c1Nc1c(C2CCC(NC(=O)CS)CC2)nc2ccccn12. The molecule has 29 heavy (non-hydrogen) atoms. The highest BCUT2D eigenvalue weighted by atomic mass is 35.5. The number of amides is 1. The van der Waals surface area contributed by atoms with Gasteiger partial charge in [0.25, 0.3) is 0 Å². The van der Waals surface area contributed by atoms with Crippen molar-refractivity contribution in [2.45, 2.75) is 44.6 Å². The van der Waals surface area contributed by atoms with Crippen molar-refractivity contribution in [3.05, 3.63) is 58.9 Å². The number of carbonyl (C=O) groups excluding carboxylic acids is 1. The number of rotatable bonds is 5. The van der Waals surface area contributed by atoms with E-state index in [2.05, 4.69) is 27.7 Å². The number of carbonyl (C=O) groups is 1. The summed E-state index contributed by atoms with van der Waals surface area (Å²) in [6.07, 6.45) is 5.89. The fourth-order valence-corrected chi connectivity index (χ4v) is 4.48. The van der Waals surface area contributed by atoms with Crippen molar-refractivity contribution < 1.29 is 4.79 Å². The Morgan fingerprint density at radius 1 is 1.21 bits per heavy atom. The Labute approximate surface area is 181 Å². The van der Waals surface area contributed by atoms with E-state index in [0.29, 0.717) is 10.9 Å². The van der Waals surface area contributed by atoms with Gasteiger partial charge >= 0.3 is 0 Å². The number of pyridine rings is 1. The normalized spacial score (nSPS) is 19.3. The maximum atomic E-state index is 11.6. The minimum Gasteiger partial charge on any atom is -0.353 e. The third-order valence-corrected chi connectivity index (χ3v) is 6.25. The second-order valence-corrected chi connectivity index (χ2v) is 8.33. The molecule has 152 valence electrons. The lowest BCUT2D eigenvalue weighted by Crippen LogP contribution is -2.38. The summed E-state index contributed by atoms with van der Waals surface area (Å²) in [4.78, 5) is 16.6. The van der Waals surface area contributed by atoms with Crippen molar-refractivity contribution in [2.24, 2.45) is 0 Å². The predicted molar refractivity (Wildman–Crippen MR) is 122 cm³/mol. The maximum absolute atomic E-state index is 11.6. The van der Waals surface area contributed by atoms with Crippen molar-refractivity contribution in [3.63, 3.8) is 0 Å². The van der Waals surface area contributed by atoms with Gasteiger partial charge in [0.15, 0.2) is 0 Å². The number of aryl methyl sites for hydroxylation is 1. The summed E-state index contributed by atoms with van der Waals surface area (Å²) in [7, 11) is 0. The monoisotopic (exact) mass is 428 g/mol. The number of thiol groups is 1. The molecule has 0 bridgehead atoms. The molecule has 2 aromatic heterocycles. The Morgan fingerprint density at radius 2 is 2.00 bits per heavy atom. The molecule has 5 nitrogen and oxygen atoms in total. The second kappa shape index (κ2) is 8.67. The second-order valence-electron chi connectivity index (χ2n) is 7.61. The molecule has 2 N–H and O–H groups in total. The molecular weight excluding hydrogens is 404 g/mol. The first-order valence-electron chi connectivity index (χ1n) is 9.96. The van der Waals surface area contributed by atoms with Gasteiger partial charge in [0.2, 0.25) is 5.91 Å². The number of aromatic nitrogens is 2. The molecule has 0 unspecified atom stereocenters. The molecule has 1 saturated carbocycles. The Hall–Kier alpha value is -2.18. The molecule has 1 fully saturated rings. The lowest BCUT2D eigenvalue weighted by atomic mass is 9.84. The zero-order chi connectivity index (χ0) is 20.4. The van der Waals surface area contributed by atoms with Gasteiger partial charge in [-0.2, -0.15) is 12.6 Å². The summed E-state index contributed by atoms with van der Waals surface area (Å²) >= 11 is 10.5. The minimum absolute atomic E-state index is 0.000985. The third kappa shape index (κ3) is 4.23. The van der Waals surface area contributed by atoms with Crippen LogP contribution in [0.4, 0.5) is 11.5 Å². The number of fused-ring (bicyclic) bond motifs is 1. The average molecular weight is 429 g/mol. The van der Waals surface area contributed by atoms with E-state index in [1.165, 1.54) is 0 Å². The van der Waals surface area contributed by atoms with Gasteiger partial charge in [-0.25, -0.2) is 4.98 Å². The Kier molecular flexibility index (Phi) is 6.01. The number of hydrogen-bond donors (Lipinski definition) is 3. The smallest absolute Gasteiger partial charge is 0.229 e. The van der Waals surface area contributed by atoms with E-state index in [0.717, 1.165) is 54.1 Å². The van der Waals surface area contributed by atoms with Crippen LogP contribution in [0.3, 0.4) is 0 Å². The van der Waals surface area contributed by atoms with E-state index in [-0.39, 0.29) is 17.7 Å². The Bertz CT molecular complexity index is 1010. The molecule has 0 spiro atoms. The van der Waals surface area contributed by atoms with Gasteiger partial charge in [-0.1, -0.05) is 29.8 Å². The molecule has 1 aliphatic rings. The Balaban J connectivity index is 1.63. The Morgan fingerprint density at radius 3 is 2.72 bits per heavy atom. The summed E-state index contributed by atoms with van der Waals surface area (Å²) in [6.45, 7) is 2.05. The first kappa shape index (κ1) is 20.1. The van der Waals surface area contributed by atoms with Crippen LogP contribution in [0.2, 0.25) is 5.02 Å². The van der Waals surface area contributed by atoms with Gasteiger partial charge in [0.1, 0.15) is 11.5 Å². The van der Waals surface area contributed by atoms with Crippen molar-refractivity contribution in [2.75, 3.05) is 11.1 Å². The lowest BCUT2D eigenvalue weighted by Gasteiger charge is -2.29. The lowest BCUT2D eigenvalue weighted by molar-refractivity contribution is -0.119. The fourth-order valence-electron chi connectivity index (χ4n) is 4.12. The van der Waals surface area contributed by atoms with Crippen molar-refractivity contribution in [1.29, 1.82) is 0 Å². The summed E-state index contributed by atoms with van der Waals surface area (Å²) in [5.74, 6) is 1.54. The van der Waals surface area contributed by atoms with Crippen LogP contribution in [0.5, 0.6) is 0 Å². The molecule has 2 heterocycles. The van der Waals surface area contributed by atoms with Gasteiger partial charge in [-0.05, 0) is 56.4 Å². The number of imidazole rings is 1. The number of nitrogens with one attached hydrogen (secondary N) is 2. The summed E-state index contributed by atoms with van der Waals surface area (Å²) in [5.41, 5.74) is 3.98. The van der Waals surface area contributed by atoms with Crippen LogP contribution >= 0.6 is 24.2 Å². The standard InChI is InChI=1S/C22H25ClN4OS/c1-14-5-4-6-17(23)20(14)26-22-21(25-18-7-2-3-12-27(18)22)15-8-10-16(11-9-15)24-19(28)13-29/h2-7,12,15-16,26,29H,8-11,13H2,1H3,(H,24,28). The first-order chi connectivity index (χ1) is 14.1. The van der Waals surface area contributed by atoms with Crippen LogP contribution in [0.1, 0.15) is 42.9 Å². The number of hydrogen-bond acceptors (Lipinski definition) is 4. The highest BCUT2D eigenvalue weighted by Gasteiger charge is 2.28. The van der Waals surface area contributed by atoms with Crippen LogP contribution in [-0.2, 0) is 4.79 Å². The first-order valence-corrected chi connectivity index (χ1v) is 11.0. The topological polar surface area (TPSA) is 58.4 Å². The van der Waals surface area contributed by atoms with E-state index in [1.54, 1.807) is 0 Å². The molecule has 1 amide bonds. The zero-order valence-electron chi connectivity index (χ0n) is 16.4. The van der Waals surface area contributed by atoms with Crippen LogP contribution in [0, 0.1) is 6.92 Å². The van der Waals surface area contributed by atoms with Crippen molar-refractivity contribution in [3.8, 4) is 0 Å². The molecule has 4 rings (SSSR count). The maximum Gasteiger partial charge on any atom is 0.229 e. The molecule has 0 radical (unpaired) electrons. The molecule has 1 aromatic carbocycles. The largest absolute Gasteiger partial charge is 0.353 e. The van der Waals surface area contributed by atoms with Gasteiger partial charge in [0, 0.05) is 18.2 Å². The summed E-state index contributed by atoms with van der Waals surface area (Å²) < 4.78 is 2.09. The van der Waals surface area contributed by atoms with E-state index < -0.39 is 0 Å². The third-order valence-electron chi connectivity index (χ3n) is 5.64. The highest BCUT2D eigenvalue weighted by molar-refractivity contribution is 7.81. The zero-order valence-corrected chi connectivity index (χ0v) is 18.0. The van der Waals surface area contributed by atoms with Crippen LogP contribution < -0.4 is 10.6 Å². The van der Waals surface area contributed by atoms with Crippen molar-refractivity contribution in [1.82, 2.24) is 14.7 Å². The van der Waals surface area contributed by atoms with Crippen LogP contribution in [0.15, 0.2) is 42.6 Å². The van der Waals surface area contributed by atoms with E-state index in [9.17, 15) is 4.79 Å². The number of anilines is 2. The molecule has 3 aromatic rings. The minimum atomic E-state index is 0.000985. The summed E-state index contributed by atoms with van der Waals surface area (Å²) in [5, 5.41) is 7.33. The van der Waals surface area contributed by atoms with Gasteiger partial charge in [-0.3, -0.25) is 9.20 Å². The van der Waals surface area contributed by atoms with Gasteiger partial charge in [0.05, 0.1) is 22.2 Å². The van der Waals surface area contributed by atoms with E-state index in [4.69, 9.17) is 16.6 Å². The number of benzene rings is 1. The molecular formula is C22H25ClN4OS. The number of nitrogens with zero attached hydrogens (tertiary/aromatic N) is 2. The average Bonchev–Trinajstić information content (AvgIpc) is 3.10. The van der Waals surface area contributed by atoms with E-state index in [1.807, 2.05) is 49.5 Å². The fraction of sp³-hybridized carbons (Fsp3) is 0.364. The molecule has 0 aliphatic heterocycles. The predicted octanol–water partition coefficient (Wildman–Crippen LogP) is 5.11. The van der Waals surface area contributed by atoms with Gasteiger partial charge in [-0.15, -0.1) is 0 Å². The van der Waals surface area contributed by atoms with Gasteiger partial charge < -0.3 is 10.6 Å². The van der Waals surface area contributed by atoms with Crippen LogP contribution in [-0.4, -0.2) is 27.1 Å². The molecule has 1 aliphatic carbocycles. The highest BCUT2D eigenvalue weighted by Crippen LogP contribution is 2.39.